The second-order valence-electron chi connectivity index (χ2n) is 7.06. The normalized spacial score (nSPS) is 14.9. The molecule has 0 amide bonds. The highest BCUT2D eigenvalue weighted by atomic mass is 16.6. The highest BCUT2D eigenvalue weighted by molar-refractivity contribution is 5.70. The lowest BCUT2D eigenvalue weighted by molar-refractivity contribution is 0.263. The van der Waals surface area contributed by atoms with E-state index in [0.29, 0.717) is 12.7 Å². The maximum Gasteiger partial charge on any atom is 0.119 e. The van der Waals surface area contributed by atoms with Gasteiger partial charge in [-0.1, -0.05) is 54.6 Å². The minimum atomic E-state index is 0.343. The quantitative estimate of drug-likeness (QED) is 0.528. The number of para-hydroxylation sites is 1. The number of hydrogen-bond acceptors (Lipinski definition) is 2. The molecule has 0 spiro atoms. The SMILES string of the molecule is Cc1cc(-c2ccccc2)c(C)c(C)c1C.c1ccc(OCC2CO2)cc1. The zero-order chi connectivity index (χ0) is 19.2. The van der Waals surface area contributed by atoms with Crippen molar-refractivity contribution in [2.24, 2.45) is 0 Å². The molecular weight excluding hydrogens is 332 g/mol. The third-order valence-electron chi connectivity index (χ3n) is 5.15. The molecule has 140 valence electrons. The Hall–Kier alpha value is -2.58. The third kappa shape index (κ3) is 5.21. The number of benzene rings is 3. The number of ether oxygens (including phenoxy) is 2. The van der Waals surface area contributed by atoms with Crippen LogP contribution in [0.4, 0.5) is 0 Å². The Morgan fingerprint density at radius 2 is 1.41 bits per heavy atom. The van der Waals surface area contributed by atoms with E-state index in [9.17, 15) is 0 Å². The molecule has 0 saturated carbocycles. The van der Waals surface area contributed by atoms with Gasteiger partial charge in [-0.3, -0.25) is 0 Å². The Bertz CT molecular complexity index is 866. The van der Waals surface area contributed by atoms with Crippen LogP contribution in [-0.4, -0.2) is 19.3 Å². The maximum absolute atomic E-state index is 5.40. The Labute approximate surface area is 162 Å². The van der Waals surface area contributed by atoms with E-state index >= 15 is 0 Å². The lowest BCUT2D eigenvalue weighted by atomic mass is 9.91. The van der Waals surface area contributed by atoms with Gasteiger partial charge in [-0.05, 0) is 73.2 Å². The van der Waals surface area contributed by atoms with Crippen LogP contribution >= 0.6 is 0 Å². The molecule has 0 aromatic heterocycles. The van der Waals surface area contributed by atoms with Crippen molar-refractivity contribution >= 4 is 0 Å². The predicted octanol–water partition coefficient (Wildman–Crippen LogP) is 6.05. The van der Waals surface area contributed by atoms with E-state index in [2.05, 4.69) is 64.1 Å². The molecule has 0 aliphatic carbocycles. The summed E-state index contributed by atoms with van der Waals surface area (Å²) in [4.78, 5) is 0. The molecule has 1 aliphatic rings. The zero-order valence-corrected chi connectivity index (χ0v) is 16.7. The van der Waals surface area contributed by atoms with Crippen molar-refractivity contribution in [1.29, 1.82) is 0 Å². The van der Waals surface area contributed by atoms with Gasteiger partial charge in [0.05, 0.1) is 6.61 Å². The molecule has 1 atom stereocenters. The van der Waals surface area contributed by atoms with Crippen molar-refractivity contribution in [1.82, 2.24) is 0 Å². The minimum Gasteiger partial charge on any atom is -0.491 e. The molecule has 0 bridgehead atoms. The van der Waals surface area contributed by atoms with Gasteiger partial charge in [0.25, 0.3) is 0 Å². The zero-order valence-electron chi connectivity index (χ0n) is 16.7. The molecule has 1 saturated heterocycles. The van der Waals surface area contributed by atoms with Gasteiger partial charge >= 0.3 is 0 Å². The summed E-state index contributed by atoms with van der Waals surface area (Å²) in [6, 6.07) is 22.7. The lowest BCUT2D eigenvalue weighted by Crippen LogP contribution is -2.03. The van der Waals surface area contributed by atoms with Crippen LogP contribution in [0.1, 0.15) is 22.3 Å². The first kappa shape index (κ1) is 19.2. The lowest BCUT2D eigenvalue weighted by Gasteiger charge is -2.14. The van der Waals surface area contributed by atoms with Crippen molar-refractivity contribution < 1.29 is 9.47 Å². The minimum absolute atomic E-state index is 0.343. The summed E-state index contributed by atoms with van der Waals surface area (Å²) in [6.07, 6.45) is 0.343. The fourth-order valence-electron chi connectivity index (χ4n) is 3.00. The first-order chi connectivity index (χ1) is 13.1. The van der Waals surface area contributed by atoms with Crippen LogP contribution in [0.2, 0.25) is 0 Å². The fraction of sp³-hybridized carbons (Fsp3) is 0.280. The molecule has 1 aliphatic heterocycles. The Morgan fingerprint density at radius 3 is 2.00 bits per heavy atom. The molecule has 3 aromatic rings. The van der Waals surface area contributed by atoms with E-state index in [-0.39, 0.29) is 0 Å². The average Bonchev–Trinajstić information content (AvgIpc) is 3.54. The molecular formula is C25H28O2. The molecule has 2 nitrogen and oxygen atoms in total. The molecule has 4 rings (SSSR count). The molecule has 1 heterocycles. The topological polar surface area (TPSA) is 21.8 Å². The smallest absolute Gasteiger partial charge is 0.119 e. The van der Waals surface area contributed by atoms with Gasteiger partial charge in [0, 0.05) is 0 Å². The van der Waals surface area contributed by atoms with E-state index in [1.807, 2.05) is 30.3 Å². The van der Waals surface area contributed by atoms with Crippen LogP contribution < -0.4 is 4.74 Å². The molecule has 0 N–H and O–H groups in total. The third-order valence-corrected chi connectivity index (χ3v) is 5.15. The van der Waals surface area contributed by atoms with E-state index in [1.165, 1.54) is 33.4 Å². The monoisotopic (exact) mass is 360 g/mol. The molecule has 27 heavy (non-hydrogen) atoms. The maximum atomic E-state index is 5.40. The summed E-state index contributed by atoms with van der Waals surface area (Å²) < 4.78 is 10.4. The summed E-state index contributed by atoms with van der Waals surface area (Å²) >= 11 is 0. The van der Waals surface area contributed by atoms with Crippen molar-refractivity contribution in [3.8, 4) is 16.9 Å². The standard InChI is InChI=1S/C16H18.C9H10O2/c1-11-10-16(14(4)13(3)12(11)2)15-8-6-5-7-9-15;1-2-4-8(5-3-1)10-6-9-7-11-9/h5-10H,1-4H3;1-5,9H,6-7H2. The van der Waals surface area contributed by atoms with E-state index in [0.717, 1.165) is 12.4 Å². The summed E-state index contributed by atoms with van der Waals surface area (Å²) in [6.45, 7) is 10.4. The van der Waals surface area contributed by atoms with Crippen LogP contribution in [0.5, 0.6) is 5.75 Å². The van der Waals surface area contributed by atoms with Gasteiger partial charge in [0.1, 0.15) is 18.5 Å². The Kier molecular flexibility index (Phi) is 6.31. The molecule has 2 heteroatoms. The van der Waals surface area contributed by atoms with Crippen molar-refractivity contribution in [2.45, 2.75) is 33.8 Å². The summed E-state index contributed by atoms with van der Waals surface area (Å²) in [7, 11) is 0. The van der Waals surface area contributed by atoms with Crippen molar-refractivity contribution in [3.05, 3.63) is 89.0 Å². The van der Waals surface area contributed by atoms with Crippen LogP contribution in [0.15, 0.2) is 66.7 Å². The van der Waals surface area contributed by atoms with Crippen LogP contribution in [0, 0.1) is 27.7 Å². The molecule has 1 fully saturated rings. The summed E-state index contributed by atoms with van der Waals surface area (Å²) in [5.74, 6) is 0.919. The second-order valence-corrected chi connectivity index (χ2v) is 7.06. The molecule has 0 radical (unpaired) electrons. The first-order valence-electron chi connectivity index (χ1n) is 9.48. The second kappa shape index (κ2) is 8.88. The first-order valence-corrected chi connectivity index (χ1v) is 9.48. The number of rotatable bonds is 4. The van der Waals surface area contributed by atoms with Gasteiger partial charge < -0.3 is 9.47 Å². The van der Waals surface area contributed by atoms with Gasteiger partial charge in [0.2, 0.25) is 0 Å². The Balaban J connectivity index is 0.000000166. The van der Waals surface area contributed by atoms with Gasteiger partial charge in [-0.25, -0.2) is 0 Å². The number of hydrogen-bond donors (Lipinski definition) is 0. The summed E-state index contributed by atoms with van der Waals surface area (Å²) in [5.41, 5.74) is 8.28. The highest BCUT2D eigenvalue weighted by Crippen LogP contribution is 2.29. The highest BCUT2D eigenvalue weighted by Gasteiger charge is 2.22. The van der Waals surface area contributed by atoms with Crippen LogP contribution in [0.3, 0.4) is 0 Å². The Morgan fingerprint density at radius 1 is 0.815 bits per heavy atom. The summed E-state index contributed by atoms with van der Waals surface area (Å²) in [5, 5.41) is 0. The number of epoxide rings is 1. The average molecular weight is 360 g/mol. The van der Waals surface area contributed by atoms with Crippen molar-refractivity contribution in [2.75, 3.05) is 13.2 Å². The van der Waals surface area contributed by atoms with E-state index in [1.54, 1.807) is 0 Å². The van der Waals surface area contributed by atoms with Gasteiger partial charge in [-0.2, -0.15) is 0 Å². The van der Waals surface area contributed by atoms with E-state index in [4.69, 9.17) is 9.47 Å². The van der Waals surface area contributed by atoms with Crippen LogP contribution in [-0.2, 0) is 4.74 Å². The number of aryl methyl sites for hydroxylation is 1. The van der Waals surface area contributed by atoms with Gasteiger partial charge in [-0.15, -0.1) is 0 Å². The van der Waals surface area contributed by atoms with E-state index < -0.39 is 0 Å². The van der Waals surface area contributed by atoms with Crippen LogP contribution in [0.25, 0.3) is 11.1 Å². The fourth-order valence-corrected chi connectivity index (χ4v) is 3.00. The van der Waals surface area contributed by atoms with Gasteiger partial charge in [0.15, 0.2) is 0 Å². The largest absolute Gasteiger partial charge is 0.491 e. The van der Waals surface area contributed by atoms with Crippen molar-refractivity contribution in [3.63, 3.8) is 0 Å². The molecule has 1 unspecified atom stereocenters. The molecule has 3 aromatic carbocycles. The predicted molar refractivity (Wildman–Crippen MR) is 113 cm³/mol.